The van der Waals surface area contributed by atoms with Gasteiger partial charge in [-0.25, -0.2) is 38.7 Å². The molecule has 0 aromatic carbocycles. The topological polar surface area (TPSA) is 66.1 Å². The van der Waals surface area contributed by atoms with Gasteiger partial charge in [-0.2, -0.15) is 8.78 Å². The van der Waals surface area contributed by atoms with Gasteiger partial charge >= 0.3 is 15.7 Å². The summed E-state index contributed by atoms with van der Waals surface area (Å²) < 4.78 is 83.0. The Morgan fingerprint density at radius 1 is 0.304 bits per heavy atom. The van der Waals surface area contributed by atoms with Crippen LogP contribution in [-0.2, 0) is 16.0 Å². The van der Waals surface area contributed by atoms with Crippen molar-refractivity contribution in [2.45, 2.75) is 131 Å². The molecule has 0 aliphatic heterocycles. The second kappa shape index (κ2) is 28.3. The Bertz CT molecular complexity index is 787. The van der Waals surface area contributed by atoms with Crippen LogP contribution < -0.4 is 0 Å². The van der Waals surface area contributed by atoms with E-state index in [-0.39, 0.29) is 0 Å². The molecule has 19 heteroatoms. The summed E-state index contributed by atoms with van der Waals surface area (Å²) >= 11 is 0. The Morgan fingerprint density at radius 2 is 0.429 bits per heavy atom. The van der Waals surface area contributed by atoms with Gasteiger partial charge in [0.2, 0.25) is 0 Å². The molecule has 0 N–H and O–H groups in total. The van der Waals surface area contributed by atoms with E-state index in [0.717, 1.165) is 0 Å². The predicted octanol–water partition coefficient (Wildman–Crippen LogP) is 9.18. The van der Waals surface area contributed by atoms with Gasteiger partial charge in [0.1, 0.15) is 0 Å². The highest BCUT2D eigenvalue weighted by Gasteiger charge is 2.67. The van der Waals surface area contributed by atoms with Crippen molar-refractivity contribution in [2.75, 3.05) is 118 Å². The van der Waals surface area contributed by atoms with Crippen molar-refractivity contribution in [1.82, 2.24) is 38.7 Å². The van der Waals surface area contributed by atoms with E-state index in [2.05, 4.69) is 163 Å². The molecule has 344 valence electrons. The monoisotopic (exact) mass is 888 g/mol. The van der Waals surface area contributed by atoms with Crippen molar-refractivity contribution in [2.24, 2.45) is 0 Å². The average molecular weight is 888 g/mol. The molecule has 0 fully saturated rings. The van der Waals surface area contributed by atoms with E-state index in [9.17, 15) is 0 Å². The maximum absolute atomic E-state index is 16.0. The summed E-state index contributed by atoms with van der Waals surface area (Å²) in [6.45, 7) is 46.1. The summed E-state index contributed by atoms with van der Waals surface area (Å²) in [4.78, 5) is 0. The van der Waals surface area contributed by atoms with E-state index in [4.69, 9.17) is 16.0 Å². The number of rotatable bonds is 35. The maximum atomic E-state index is 16.0. The molecule has 0 radical (unpaired) electrons. The summed E-state index contributed by atoms with van der Waals surface area (Å²) in [5.41, 5.74) is 0. The third-order valence-electron chi connectivity index (χ3n) is 10.3. The van der Waals surface area contributed by atoms with Gasteiger partial charge in [-0.3, -0.25) is 16.0 Å². The molecular formula is C37H91F2N9O4S3Si. The number of hydrogen-bond acceptors (Lipinski definition) is 13. The lowest BCUT2D eigenvalue weighted by atomic mass is 10.7. The molecule has 0 saturated heterocycles. The number of nitrogens with zero attached hydrogens (tertiary/aromatic N) is 9. The maximum Gasteiger partial charge on any atom is 0.722 e. The molecule has 0 amide bonds. The van der Waals surface area contributed by atoms with Crippen LogP contribution in [0.5, 0.6) is 0 Å². The average Bonchev–Trinajstić information content (AvgIpc) is 3.18. The standard InChI is InChI=1S/C37H91F2N9O4S3Si/c1-19-40(20-2)53(41(21-3)22-4,42(23-5)24-6)50-56(49-37(38)39,51-54(43(25-7)26-8,44(27-9)28-10)45(29-11)30-12)52-55(46(31-13)32-14,47(33-15)34-16)48(35-17)36-18/h37H,19-36H2,1-18H3. The zero-order chi connectivity index (χ0) is 43.3. The molecule has 0 aromatic heterocycles. The summed E-state index contributed by atoms with van der Waals surface area (Å²) in [6.07, 6.45) is 0. The van der Waals surface area contributed by atoms with Crippen LogP contribution in [0.2, 0.25) is 0 Å². The van der Waals surface area contributed by atoms with Crippen molar-refractivity contribution < 1.29 is 24.8 Å². The Hall–Kier alpha value is 0.607. The Balaban J connectivity index is 9.69. The normalized spacial score (nSPS) is 14.9. The van der Waals surface area contributed by atoms with E-state index in [1.54, 1.807) is 0 Å². The van der Waals surface area contributed by atoms with E-state index < -0.39 is 48.3 Å². The Labute approximate surface area is 352 Å². The van der Waals surface area contributed by atoms with Gasteiger partial charge in [0.05, 0.1) is 0 Å². The molecule has 0 aromatic rings. The van der Waals surface area contributed by atoms with Crippen molar-refractivity contribution in [3.63, 3.8) is 0 Å². The number of alkyl halides is 2. The highest BCUT2D eigenvalue weighted by molar-refractivity contribution is 8.27. The lowest BCUT2D eigenvalue weighted by Gasteiger charge is -2.65. The lowest BCUT2D eigenvalue weighted by molar-refractivity contribution is -0.104. The van der Waals surface area contributed by atoms with Crippen LogP contribution >= 0.6 is 32.6 Å². The molecule has 0 atom stereocenters. The van der Waals surface area contributed by atoms with Gasteiger partial charge in [-0.05, 0) is 0 Å². The van der Waals surface area contributed by atoms with Gasteiger partial charge < -0.3 is 0 Å². The van der Waals surface area contributed by atoms with E-state index in [0.29, 0.717) is 118 Å². The SMILES string of the molecule is CCN(CC)S(O[Si](OC(F)F)(OS(N(CC)CC)(N(CC)CC)N(CC)CC)OS(N(CC)CC)(N(CC)CC)N(CC)CC)(N(CC)CC)N(CC)CC. The molecule has 0 unspecified atom stereocenters. The van der Waals surface area contributed by atoms with Crippen LogP contribution in [0.1, 0.15) is 125 Å². The van der Waals surface area contributed by atoms with Crippen LogP contribution in [0.25, 0.3) is 0 Å². The molecular weight excluding hydrogens is 797 g/mol. The van der Waals surface area contributed by atoms with Crippen molar-refractivity contribution >= 4 is 41.6 Å². The van der Waals surface area contributed by atoms with Crippen LogP contribution in [0, 0.1) is 0 Å². The largest absolute Gasteiger partial charge is 0.722 e. The third kappa shape index (κ3) is 12.2. The number of halogens is 2. The van der Waals surface area contributed by atoms with E-state index >= 15 is 8.78 Å². The van der Waals surface area contributed by atoms with Gasteiger partial charge in [0.15, 0.2) is 0 Å². The zero-order valence-corrected chi connectivity index (χ0v) is 42.9. The minimum Gasteiger partial charge on any atom is -0.291 e. The van der Waals surface area contributed by atoms with Crippen molar-refractivity contribution in [3.8, 4) is 0 Å². The summed E-state index contributed by atoms with van der Waals surface area (Å²) in [6, 6.07) is 0. The zero-order valence-electron chi connectivity index (χ0n) is 39.4. The fourth-order valence-electron chi connectivity index (χ4n) is 7.60. The van der Waals surface area contributed by atoms with Crippen LogP contribution in [0.4, 0.5) is 8.78 Å². The second-order valence-electron chi connectivity index (χ2n) is 12.6. The minimum atomic E-state index is -5.14. The first-order valence-corrected chi connectivity index (χ1v) is 28.0. The highest BCUT2D eigenvalue weighted by Crippen LogP contribution is 2.69. The van der Waals surface area contributed by atoms with Crippen LogP contribution in [-0.4, -0.2) is 172 Å². The first-order chi connectivity index (χ1) is 26.7. The highest BCUT2D eigenvalue weighted by atomic mass is 32.3. The first kappa shape index (κ1) is 56.6. The fraction of sp³-hybridized carbons (Fsp3) is 1.00. The summed E-state index contributed by atoms with van der Waals surface area (Å²) in [5, 5.41) is 0. The molecule has 0 aliphatic rings. The second-order valence-corrected chi connectivity index (χ2v) is 23.3. The first-order valence-electron chi connectivity index (χ1n) is 22.1. The van der Waals surface area contributed by atoms with Crippen molar-refractivity contribution in [1.29, 1.82) is 0 Å². The fourth-order valence-corrected chi connectivity index (χ4v) is 25.5. The minimum absolute atomic E-state index is 0.623. The van der Waals surface area contributed by atoms with Gasteiger partial charge in [-0.15, -0.1) is 0 Å². The van der Waals surface area contributed by atoms with Gasteiger partial charge in [-0.1, -0.05) is 125 Å². The number of hydrogen-bond donors (Lipinski definition) is 0. The third-order valence-corrected chi connectivity index (χ3v) is 26.6. The molecule has 0 aliphatic carbocycles. The van der Waals surface area contributed by atoms with Crippen molar-refractivity contribution in [3.05, 3.63) is 0 Å². The molecule has 0 spiro atoms. The van der Waals surface area contributed by atoms with Gasteiger partial charge in [0, 0.05) is 150 Å². The Morgan fingerprint density at radius 3 is 0.518 bits per heavy atom. The summed E-state index contributed by atoms with van der Waals surface area (Å²) in [5.74, 6) is 0. The van der Waals surface area contributed by atoms with Crippen LogP contribution in [0.3, 0.4) is 0 Å². The predicted molar refractivity (Wildman–Crippen MR) is 245 cm³/mol. The Kier molecular flexibility index (Phi) is 28.6. The smallest absolute Gasteiger partial charge is 0.291 e. The van der Waals surface area contributed by atoms with Gasteiger partial charge in [0.25, 0.3) is 0 Å². The van der Waals surface area contributed by atoms with Crippen LogP contribution in [0.15, 0.2) is 0 Å². The molecule has 0 rings (SSSR count). The molecule has 56 heavy (non-hydrogen) atoms. The quantitative estimate of drug-likeness (QED) is 0.0570. The molecule has 0 heterocycles. The van der Waals surface area contributed by atoms with E-state index in [1.807, 2.05) is 0 Å². The lowest BCUT2D eigenvalue weighted by Crippen LogP contribution is -2.65. The van der Waals surface area contributed by atoms with E-state index in [1.165, 1.54) is 0 Å². The molecule has 0 saturated carbocycles. The summed E-state index contributed by atoms with van der Waals surface area (Å²) in [7, 11) is -13.3. The molecule has 13 nitrogen and oxygen atoms in total. The molecule has 0 bridgehead atoms.